The quantitative estimate of drug-likeness (QED) is 0.943. The van der Waals surface area contributed by atoms with Gasteiger partial charge >= 0.3 is 5.97 Å². The lowest BCUT2D eigenvalue weighted by atomic mass is 9.76. The average Bonchev–Trinajstić information content (AvgIpc) is 2.56. The van der Waals surface area contributed by atoms with Gasteiger partial charge in [-0.3, -0.25) is 0 Å². The predicted octanol–water partition coefficient (Wildman–Crippen LogP) is 2.73. The molecule has 1 N–H and O–H groups in total. The Morgan fingerprint density at radius 2 is 2.00 bits per heavy atom. The molecule has 2 heterocycles. The highest BCUT2D eigenvalue weighted by Gasteiger charge is 2.33. The summed E-state index contributed by atoms with van der Waals surface area (Å²) in [5.74, 6) is -0.307. The van der Waals surface area contributed by atoms with Gasteiger partial charge in [0.15, 0.2) is 5.69 Å². The van der Waals surface area contributed by atoms with Crippen molar-refractivity contribution in [3.8, 4) is 0 Å². The largest absolute Gasteiger partial charge is 0.476 e. The molecule has 2 aromatic rings. The number of benzene rings is 1. The molecule has 1 aliphatic heterocycles. The Balaban J connectivity index is 1.82. The van der Waals surface area contributed by atoms with Gasteiger partial charge in [-0.2, -0.15) is 0 Å². The van der Waals surface area contributed by atoms with E-state index in [9.17, 15) is 4.79 Å². The Labute approximate surface area is 129 Å². The summed E-state index contributed by atoms with van der Waals surface area (Å²) in [6.45, 7) is 4.05. The molecule has 0 aliphatic carbocycles. The Hall–Kier alpha value is -2.43. The van der Waals surface area contributed by atoms with Crippen molar-refractivity contribution in [2.24, 2.45) is 0 Å². The van der Waals surface area contributed by atoms with E-state index in [2.05, 4.69) is 46.1 Å². The zero-order valence-corrected chi connectivity index (χ0v) is 12.6. The Morgan fingerprint density at radius 1 is 1.23 bits per heavy atom. The minimum Gasteiger partial charge on any atom is -0.476 e. The van der Waals surface area contributed by atoms with E-state index in [0.717, 1.165) is 31.7 Å². The summed E-state index contributed by atoms with van der Waals surface area (Å²) in [5, 5.41) is 8.90. The molecule has 0 spiro atoms. The van der Waals surface area contributed by atoms with Crippen LogP contribution in [0.2, 0.25) is 0 Å². The Morgan fingerprint density at radius 3 is 2.64 bits per heavy atom. The molecule has 1 unspecified atom stereocenters. The number of aromatic nitrogens is 2. The van der Waals surface area contributed by atoms with Crippen molar-refractivity contribution in [2.75, 3.05) is 18.0 Å². The molecule has 1 fully saturated rings. The van der Waals surface area contributed by atoms with E-state index in [1.54, 1.807) is 6.20 Å². The third-order valence-electron chi connectivity index (χ3n) is 4.35. The number of aromatic carboxylic acids is 1. The molecule has 1 aromatic heterocycles. The first-order chi connectivity index (χ1) is 10.6. The Bertz CT molecular complexity index is 657. The maximum absolute atomic E-state index is 10.9. The van der Waals surface area contributed by atoms with E-state index in [1.807, 2.05) is 6.07 Å². The highest BCUT2D eigenvalue weighted by Crippen LogP contribution is 2.34. The lowest BCUT2D eigenvalue weighted by Crippen LogP contribution is -2.44. The first-order valence-corrected chi connectivity index (χ1v) is 7.44. The molecule has 0 radical (unpaired) electrons. The van der Waals surface area contributed by atoms with E-state index in [0.29, 0.717) is 0 Å². The molecular weight excluding hydrogens is 278 g/mol. The summed E-state index contributed by atoms with van der Waals surface area (Å²) < 4.78 is 0. The molecule has 3 rings (SSSR count). The first-order valence-electron chi connectivity index (χ1n) is 7.44. The second-order valence-corrected chi connectivity index (χ2v) is 6.02. The predicted molar refractivity (Wildman–Crippen MR) is 84.2 cm³/mol. The maximum atomic E-state index is 10.9. The van der Waals surface area contributed by atoms with E-state index in [1.165, 1.54) is 11.8 Å². The zero-order chi connectivity index (χ0) is 15.6. The smallest absolute Gasteiger partial charge is 0.356 e. The number of hydrogen-bond acceptors (Lipinski definition) is 4. The van der Waals surface area contributed by atoms with Gasteiger partial charge in [0.1, 0.15) is 5.82 Å². The Kier molecular flexibility index (Phi) is 3.79. The molecule has 22 heavy (non-hydrogen) atoms. The molecular formula is C17H19N3O2. The summed E-state index contributed by atoms with van der Waals surface area (Å²) in [7, 11) is 0. The van der Waals surface area contributed by atoms with E-state index in [-0.39, 0.29) is 11.1 Å². The highest BCUT2D eigenvalue weighted by atomic mass is 16.4. The number of anilines is 1. The number of carbonyl (C=O) groups is 1. The van der Waals surface area contributed by atoms with Gasteiger partial charge in [0, 0.05) is 18.5 Å². The van der Waals surface area contributed by atoms with Gasteiger partial charge in [0.05, 0.1) is 12.4 Å². The number of piperidine rings is 1. The molecule has 1 atom stereocenters. The van der Waals surface area contributed by atoms with Crippen molar-refractivity contribution < 1.29 is 9.90 Å². The molecule has 1 aromatic carbocycles. The zero-order valence-electron chi connectivity index (χ0n) is 12.6. The van der Waals surface area contributed by atoms with E-state index >= 15 is 0 Å². The summed E-state index contributed by atoms with van der Waals surface area (Å²) >= 11 is 0. The van der Waals surface area contributed by atoms with Crippen LogP contribution in [0, 0.1) is 0 Å². The van der Waals surface area contributed by atoms with Gasteiger partial charge in [-0.05, 0) is 18.4 Å². The van der Waals surface area contributed by atoms with Crippen LogP contribution < -0.4 is 4.90 Å². The summed E-state index contributed by atoms with van der Waals surface area (Å²) in [4.78, 5) is 21.3. The normalized spacial score (nSPS) is 21.6. The first kappa shape index (κ1) is 14.5. The molecule has 0 bridgehead atoms. The van der Waals surface area contributed by atoms with Gasteiger partial charge in [0.2, 0.25) is 0 Å². The topological polar surface area (TPSA) is 66.3 Å². The van der Waals surface area contributed by atoms with Gasteiger partial charge in [0.25, 0.3) is 0 Å². The lowest BCUT2D eigenvalue weighted by Gasteiger charge is -2.41. The van der Waals surface area contributed by atoms with Crippen molar-refractivity contribution in [3.05, 3.63) is 54.0 Å². The van der Waals surface area contributed by atoms with Gasteiger partial charge in [-0.1, -0.05) is 37.3 Å². The molecule has 0 amide bonds. The van der Waals surface area contributed by atoms with Crippen LogP contribution >= 0.6 is 0 Å². The second kappa shape index (κ2) is 5.75. The monoisotopic (exact) mass is 297 g/mol. The fourth-order valence-electron chi connectivity index (χ4n) is 3.11. The molecule has 0 saturated carbocycles. The van der Waals surface area contributed by atoms with Crippen LogP contribution in [0.1, 0.15) is 35.8 Å². The molecule has 5 heteroatoms. The number of rotatable bonds is 3. The molecule has 1 saturated heterocycles. The summed E-state index contributed by atoms with van der Waals surface area (Å²) in [6, 6.07) is 10.5. The van der Waals surface area contributed by atoms with Crippen LogP contribution in [-0.2, 0) is 5.41 Å². The summed E-state index contributed by atoms with van der Waals surface area (Å²) in [5.41, 5.74) is 1.38. The SMILES string of the molecule is CC1(c2ccccc2)CCCN(c2cnc(C(=O)O)cn2)C1. The summed E-state index contributed by atoms with van der Waals surface area (Å²) in [6.07, 6.45) is 5.09. The number of hydrogen-bond donors (Lipinski definition) is 1. The minimum absolute atomic E-state index is 0.0217. The van der Waals surface area contributed by atoms with Crippen molar-refractivity contribution in [1.82, 2.24) is 9.97 Å². The maximum Gasteiger partial charge on any atom is 0.356 e. The van der Waals surface area contributed by atoms with Crippen LogP contribution in [0.3, 0.4) is 0 Å². The van der Waals surface area contributed by atoms with Crippen LogP contribution in [0.15, 0.2) is 42.7 Å². The fraction of sp³-hybridized carbons (Fsp3) is 0.353. The highest BCUT2D eigenvalue weighted by molar-refractivity contribution is 5.84. The number of carboxylic acid groups (broad SMARTS) is 1. The molecule has 1 aliphatic rings. The van der Waals surface area contributed by atoms with Crippen molar-refractivity contribution >= 4 is 11.8 Å². The van der Waals surface area contributed by atoms with Crippen molar-refractivity contribution in [1.29, 1.82) is 0 Å². The molecule has 114 valence electrons. The van der Waals surface area contributed by atoms with Gasteiger partial charge in [-0.15, -0.1) is 0 Å². The fourth-order valence-corrected chi connectivity index (χ4v) is 3.11. The van der Waals surface area contributed by atoms with Gasteiger partial charge in [-0.25, -0.2) is 14.8 Å². The minimum atomic E-state index is -1.05. The average molecular weight is 297 g/mol. The van der Waals surface area contributed by atoms with Crippen LogP contribution in [0.25, 0.3) is 0 Å². The van der Waals surface area contributed by atoms with Crippen molar-refractivity contribution in [3.63, 3.8) is 0 Å². The lowest BCUT2D eigenvalue weighted by molar-refractivity contribution is 0.0690. The van der Waals surface area contributed by atoms with Crippen LogP contribution in [0.5, 0.6) is 0 Å². The molecule has 5 nitrogen and oxygen atoms in total. The van der Waals surface area contributed by atoms with Crippen LogP contribution in [0.4, 0.5) is 5.82 Å². The van der Waals surface area contributed by atoms with E-state index in [4.69, 9.17) is 5.11 Å². The van der Waals surface area contributed by atoms with Crippen molar-refractivity contribution in [2.45, 2.75) is 25.2 Å². The number of carboxylic acids is 1. The standard InChI is InChI=1S/C17H19N3O2/c1-17(13-6-3-2-4-7-13)8-5-9-20(12-17)15-11-18-14(10-19-15)16(21)22/h2-4,6-7,10-11H,5,8-9,12H2,1H3,(H,21,22). The van der Waals surface area contributed by atoms with Crippen LogP contribution in [-0.4, -0.2) is 34.1 Å². The number of nitrogens with zero attached hydrogens (tertiary/aromatic N) is 3. The van der Waals surface area contributed by atoms with E-state index < -0.39 is 5.97 Å². The second-order valence-electron chi connectivity index (χ2n) is 6.02. The van der Waals surface area contributed by atoms with Gasteiger partial charge < -0.3 is 10.0 Å². The third kappa shape index (κ3) is 2.79. The third-order valence-corrected chi connectivity index (χ3v) is 4.35.